The minimum Gasteiger partial charge on any atom is -0.480 e. The van der Waals surface area contributed by atoms with E-state index < -0.39 is 22.0 Å². The van der Waals surface area contributed by atoms with Gasteiger partial charge in [0.25, 0.3) is 0 Å². The van der Waals surface area contributed by atoms with Crippen LogP contribution in [0.4, 0.5) is 0 Å². The molecule has 1 N–H and O–H groups in total. The molecule has 20 heavy (non-hydrogen) atoms. The third-order valence-electron chi connectivity index (χ3n) is 3.47. The summed E-state index contributed by atoms with van der Waals surface area (Å²) in [6.45, 7) is 2.58. The second-order valence-corrected chi connectivity index (χ2v) is 6.83. The highest BCUT2D eigenvalue weighted by Gasteiger charge is 2.34. The number of nitrogens with zero attached hydrogens (tertiary/aromatic N) is 2. The van der Waals surface area contributed by atoms with Crippen molar-refractivity contribution < 1.29 is 18.3 Å². The molecule has 1 saturated heterocycles. The van der Waals surface area contributed by atoms with Gasteiger partial charge in [-0.05, 0) is 12.5 Å². The summed E-state index contributed by atoms with van der Waals surface area (Å²) in [5, 5.41) is 8.96. The van der Waals surface area contributed by atoms with Crippen molar-refractivity contribution in [3.8, 4) is 0 Å². The van der Waals surface area contributed by atoms with Crippen LogP contribution in [-0.4, -0.2) is 53.7 Å². The molecule has 1 aliphatic heterocycles. The smallest absolute Gasteiger partial charge is 0.320 e. The molecule has 0 unspecified atom stereocenters. The van der Waals surface area contributed by atoms with Crippen LogP contribution in [0.15, 0.2) is 30.3 Å². The van der Waals surface area contributed by atoms with Gasteiger partial charge in [0.05, 0.1) is 0 Å². The quantitative estimate of drug-likeness (QED) is 0.879. The molecule has 0 amide bonds. The second-order valence-electron chi connectivity index (χ2n) is 4.89. The number of aliphatic carboxylic acids is 1. The van der Waals surface area contributed by atoms with Crippen molar-refractivity contribution in [1.29, 1.82) is 0 Å². The Bertz CT molecular complexity index is 573. The van der Waals surface area contributed by atoms with Gasteiger partial charge in [-0.1, -0.05) is 30.3 Å². The summed E-state index contributed by atoms with van der Waals surface area (Å²) in [6, 6.07) is 8.58. The Morgan fingerprint density at radius 1 is 1.30 bits per heavy atom. The molecule has 0 spiro atoms. The maximum Gasteiger partial charge on any atom is 0.320 e. The Kier molecular flexibility index (Phi) is 4.42. The van der Waals surface area contributed by atoms with E-state index in [1.807, 2.05) is 30.3 Å². The Hall–Kier alpha value is -1.44. The van der Waals surface area contributed by atoms with Crippen molar-refractivity contribution in [2.45, 2.75) is 19.5 Å². The molecule has 1 fully saturated rings. The zero-order chi connectivity index (χ0) is 14.8. The van der Waals surface area contributed by atoms with E-state index in [1.54, 1.807) is 0 Å². The van der Waals surface area contributed by atoms with Crippen LogP contribution in [0.3, 0.4) is 0 Å². The number of sulfonamides is 1. The molecular formula is C13H18N2O4S. The summed E-state index contributed by atoms with van der Waals surface area (Å²) in [5.41, 5.74) is 0.927. The van der Waals surface area contributed by atoms with Crippen LogP contribution in [0.5, 0.6) is 0 Å². The van der Waals surface area contributed by atoms with Crippen LogP contribution in [0.1, 0.15) is 12.5 Å². The highest BCUT2D eigenvalue weighted by Crippen LogP contribution is 2.17. The molecule has 1 aromatic carbocycles. The van der Waals surface area contributed by atoms with E-state index >= 15 is 0 Å². The summed E-state index contributed by atoms with van der Waals surface area (Å²) in [5.74, 6) is -1.25. The first-order valence-electron chi connectivity index (χ1n) is 6.39. The van der Waals surface area contributed by atoms with E-state index in [4.69, 9.17) is 5.11 Å². The van der Waals surface area contributed by atoms with Gasteiger partial charge in [0.15, 0.2) is 0 Å². The molecule has 0 bridgehead atoms. The Balaban J connectivity index is 2.07. The minimum atomic E-state index is -3.45. The number of benzene rings is 1. The fourth-order valence-corrected chi connectivity index (χ4v) is 3.80. The summed E-state index contributed by atoms with van der Waals surface area (Å²) in [4.78, 5) is 12.4. The van der Waals surface area contributed by atoms with Gasteiger partial charge < -0.3 is 5.11 Å². The van der Waals surface area contributed by atoms with E-state index in [-0.39, 0.29) is 5.88 Å². The molecule has 0 aromatic heterocycles. The molecule has 1 aliphatic rings. The zero-order valence-electron chi connectivity index (χ0n) is 11.3. The van der Waals surface area contributed by atoms with Crippen molar-refractivity contribution in [2.24, 2.45) is 0 Å². The van der Waals surface area contributed by atoms with Crippen LogP contribution in [0, 0.1) is 0 Å². The summed E-state index contributed by atoms with van der Waals surface area (Å²) < 4.78 is 25.8. The monoisotopic (exact) mass is 298 g/mol. The average molecular weight is 298 g/mol. The van der Waals surface area contributed by atoms with E-state index in [0.717, 1.165) is 5.56 Å². The largest absolute Gasteiger partial charge is 0.480 e. The van der Waals surface area contributed by atoms with Crippen LogP contribution >= 0.6 is 0 Å². The summed E-state index contributed by atoms with van der Waals surface area (Å²) in [7, 11) is -3.45. The van der Waals surface area contributed by atoms with E-state index in [1.165, 1.54) is 16.1 Å². The number of carbonyl (C=O) groups is 1. The number of carboxylic acid groups (broad SMARTS) is 1. The van der Waals surface area contributed by atoms with Gasteiger partial charge in [-0.25, -0.2) is 8.42 Å². The lowest BCUT2D eigenvalue weighted by Crippen LogP contribution is -2.53. The SMILES string of the molecule is C[C@H](C(=O)O)N1CCN(Cc2ccccc2)S(=O)(=O)C1. The molecule has 2 rings (SSSR count). The number of hydrogen-bond acceptors (Lipinski definition) is 4. The predicted molar refractivity (Wildman–Crippen MR) is 74.4 cm³/mol. The standard InChI is InChI=1S/C13H18N2O4S/c1-11(13(16)17)14-7-8-15(20(18,19)10-14)9-12-5-3-2-4-6-12/h2-6,11H,7-10H2,1H3,(H,16,17)/t11-/m1/s1. The van der Waals surface area contributed by atoms with Crippen LogP contribution < -0.4 is 0 Å². The number of rotatable bonds is 4. The number of carboxylic acids is 1. The van der Waals surface area contributed by atoms with Gasteiger partial charge >= 0.3 is 5.97 Å². The highest BCUT2D eigenvalue weighted by molar-refractivity contribution is 7.89. The number of hydrogen-bond donors (Lipinski definition) is 1. The van der Waals surface area contributed by atoms with Crippen molar-refractivity contribution >= 4 is 16.0 Å². The Morgan fingerprint density at radius 2 is 1.95 bits per heavy atom. The maximum atomic E-state index is 12.2. The molecule has 110 valence electrons. The lowest BCUT2D eigenvalue weighted by Gasteiger charge is -2.35. The first kappa shape index (κ1) is 15.0. The van der Waals surface area contributed by atoms with Gasteiger partial charge in [0, 0.05) is 19.6 Å². The minimum absolute atomic E-state index is 0.243. The van der Waals surface area contributed by atoms with Crippen molar-refractivity contribution in [1.82, 2.24) is 9.21 Å². The van der Waals surface area contributed by atoms with Crippen molar-refractivity contribution in [3.05, 3.63) is 35.9 Å². The first-order valence-corrected chi connectivity index (χ1v) is 7.99. The van der Waals surface area contributed by atoms with Crippen LogP contribution in [-0.2, 0) is 21.4 Å². The van der Waals surface area contributed by atoms with Gasteiger partial charge in [0.1, 0.15) is 11.9 Å². The predicted octanol–water partition coefficient (Wildman–Crippen LogP) is 0.565. The maximum absolute atomic E-state index is 12.2. The fourth-order valence-electron chi connectivity index (χ4n) is 2.16. The Labute approximate surface area is 118 Å². The van der Waals surface area contributed by atoms with Crippen molar-refractivity contribution in [2.75, 3.05) is 19.0 Å². The van der Waals surface area contributed by atoms with Crippen LogP contribution in [0.25, 0.3) is 0 Å². The second kappa shape index (κ2) is 5.90. The molecule has 6 nitrogen and oxygen atoms in total. The van der Waals surface area contributed by atoms with Gasteiger partial charge in [-0.3, -0.25) is 9.69 Å². The van der Waals surface area contributed by atoms with E-state index in [0.29, 0.717) is 19.6 Å². The van der Waals surface area contributed by atoms with Gasteiger partial charge in [-0.15, -0.1) is 0 Å². The molecule has 1 atom stereocenters. The lowest BCUT2D eigenvalue weighted by atomic mass is 10.2. The molecule has 0 saturated carbocycles. The van der Waals surface area contributed by atoms with Gasteiger partial charge in [0.2, 0.25) is 10.0 Å². The normalized spacial score (nSPS) is 21.4. The third kappa shape index (κ3) is 3.36. The first-order chi connectivity index (χ1) is 9.40. The van der Waals surface area contributed by atoms with E-state index in [9.17, 15) is 13.2 Å². The highest BCUT2D eigenvalue weighted by atomic mass is 32.2. The molecule has 1 heterocycles. The summed E-state index contributed by atoms with van der Waals surface area (Å²) in [6.07, 6.45) is 0. The molecule has 0 aliphatic carbocycles. The third-order valence-corrected chi connectivity index (χ3v) is 5.22. The fraction of sp³-hybridized carbons (Fsp3) is 0.462. The zero-order valence-corrected chi connectivity index (χ0v) is 12.1. The molecule has 1 aromatic rings. The van der Waals surface area contributed by atoms with Gasteiger partial charge in [-0.2, -0.15) is 4.31 Å². The lowest BCUT2D eigenvalue weighted by molar-refractivity contribution is -0.142. The topological polar surface area (TPSA) is 77.9 Å². The summed E-state index contributed by atoms with van der Waals surface area (Å²) >= 11 is 0. The van der Waals surface area contributed by atoms with E-state index in [2.05, 4.69) is 0 Å². The molecule has 0 radical (unpaired) electrons. The molecular weight excluding hydrogens is 280 g/mol. The van der Waals surface area contributed by atoms with Crippen molar-refractivity contribution in [3.63, 3.8) is 0 Å². The molecule has 7 heteroatoms. The average Bonchev–Trinajstić information content (AvgIpc) is 2.41. The van der Waals surface area contributed by atoms with Crippen LogP contribution in [0.2, 0.25) is 0 Å². The Morgan fingerprint density at radius 3 is 2.50 bits per heavy atom.